The van der Waals surface area contributed by atoms with Crippen molar-refractivity contribution in [1.82, 2.24) is 0 Å². The quantitative estimate of drug-likeness (QED) is 0.444. The van der Waals surface area contributed by atoms with Gasteiger partial charge in [-0.25, -0.2) is 0 Å². The molecule has 1 aliphatic carbocycles. The molecule has 1 nitrogen and oxygen atoms in total. The third kappa shape index (κ3) is 4.61. The van der Waals surface area contributed by atoms with Crippen molar-refractivity contribution in [3.63, 3.8) is 0 Å². The van der Waals surface area contributed by atoms with Crippen molar-refractivity contribution in [3.05, 3.63) is 121 Å². The SMILES string of the molecule is C=C/C=C(\C=C)N(/C(C=C)=C1\C=CC(C)C\C1=C\C)c1ccc(C(=C)C)cc1. The number of anilines is 1. The predicted molar refractivity (Wildman–Crippen MR) is 126 cm³/mol. The molecule has 1 aromatic rings. The normalized spacial score (nSPS) is 19.9. The molecule has 1 atom stereocenters. The van der Waals surface area contributed by atoms with Crippen LogP contribution in [0.4, 0.5) is 5.69 Å². The molecule has 0 saturated heterocycles. The van der Waals surface area contributed by atoms with Gasteiger partial charge in [0.1, 0.15) is 0 Å². The van der Waals surface area contributed by atoms with Crippen LogP contribution in [-0.2, 0) is 0 Å². The van der Waals surface area contributed by atoms with E-state index in [1.54, 1.807) is 6.08 Å². The lowest BCUT2D eigenvalue weighted by Crippen LogP contribution is -2.22. The van der Waals surface area contributed by atoms with Gasteiger partial charge in [-0.05, 0) is 67.7 Å². The van der Waals surface area contributed by atoms with Crippen LogP contribution in [-0.4, -0.2) is 0 Å². The van der Waals surface area contributed by atoms with Gasteiger partial charge in [-0.1, -0.05) is 75.2 Å². The standard InChI is InChI=1S/C27H31N/c1-8-12-24(10-3)28(25-16-14-23(15-17-25)20(5)6)27(11-4)26-18-13-21(7)19-22(26)9-2/h8-18,21H,1,3-5,19H2,2,6-7H3/b22-9-,24-12+,27-26+. The molecule has 1 aromatic carbocycles. The van der Waals surface area contributed by atoms with E-state index in [-0.39, 0.29) is 0 Å². The minimum absolute atomic E-state index is 0.534. The predicted octanol–water partition coefficient (Wildman–Crippen LogP) is 7.76. The summed E-state index contributed by atoms with van der Waals surface area (Å²) in [5, 5.41) is 0. The maximum Gasteiger partial charge on any atom is 0.0530 e. The van der Waals surface area contributed by atoms with Crippen LogP contribution in [0.25, 0.3) is 5.57 Å². The maximum absolute atomic E-state index is 4.13. The maximum atomic E-state index is 4.13. The highest BCUT2D eigenvalue weighted by molar-refractivity contribution is 5.70. The first kappa shape index (κ1) is 21.2. The van der Waals surface area contributed by atoms with Gasteiger partial charge in [0.15, 0.2) is 0 Å². The lowest BCUT2D eigenvalue weighted by molar-refractivity contribution is 0.706. The average Bonchev–Trinajstić information content (AvgIpc) is 2.71. The molecular formula is C27H31N. The molecule has 0 heterocycles. The van der Waals surface area contributed by atoms with E-state index < -0.39 is 0 Å². The van der Waals surface area contributed by atoms with Gasteiger partial charge < -0.3 is 4.90 Å². The molecule has 0 saturated carbocycles. The molecule has 0 amide bonds. The van der Waals surface area contributed by atoms with E-state index in [1.807, 2.05) is 25.2 Å². The Morgan fingerprint density at radius 1 is 1.11 bits per heavy atom. The molecule has 0 bridgehead atoms. The second kappa shape index (κ2) is 9.75. The summed E-state index contributed by atoms with van der Waals surface area (Å²) in [5.74, 6) is 0.534. The third-order valence-electron chi connectivity index (χ3n) is 4.91. The topological polar surface area (TPSA) is 3.24 Å². The number of rotatable bonds is 7. The van der Waals surface area contributed by atoms with Crippen LogP contribution in [0.15, 0.2) is 116 Å². The van der Waals surface area contributed by atoms with E-state index in [1.165, 1.54) is 11.1 Å². The molecule has 1 heteroatoms. The van der Waals surface area contributed by atoms with Gasteiger partial charge in [0.05, 0.1) is 5.70 Å². The summed E-state index contributed by atoms with van der Waals surface area (Å²) in [6.45, 7) is 22.4. The van der Waals surface area contributed by atoms with Crippen molar-refractivity contribution >= 4 is 11.3 Å². The molecule has 0 fully saturated rings. The highest BCUT2D eigenvalue weighted by Crippen LogP contribution is 2.35. The fraction of sp³-hybridized carbons (Fsp3) is 0.185. The average molecular weight is 370 g/mol. The van der Waals surface area contributed by atoms with Gasteiger partial charge in [0.25, 0.3) is 0 Å². The van der Waals surface area contributed by atoms with Crippen molar-refractivity contribution in [2.75, 3.05) is 4.90 Å². The van der Waals surface area contributed by atoms with Crippen LogP contribution in [0.5, 0.6) is 0 Å². The zero-order chi connectivity index (χ0) is 20.7. The van der Waals surface area contributed by atoms with Crippen LogP contribution in [0.1, 0.15) is 32.8 Å². The molecule has 0 N–H and O–H groups in total. The van der Waals surface area contributed by atoms with Crippen molar-refractivity contribution in [1.29, 1.82) is 0 Å². The summed E-state index contributed by atoms with van der Waals surface area (Å²) in [4.78, 5) is 2.18. The van der Waals surface area contributed by atoms with E-state index in [0.29, 0.717) is 5.92 Å². The molecule has 28 heavy (non-hydrogen) atoms. The smallest absolute Gasteiger partial charge is 0.0530 e. The second-order valence-electron chi connectivity index (χ2n) is 7.05. The molecule has 0 aromatic heterocycles. The van der Waals surface area contributed by atoms with Crippen molar-refractivity contribution in [2.24, 2.45) is 5.92 Å². The van der Waals surface area contributed by atoms with Crippen LogP contribution in [0.3, 0.4) is 0 Å². The minimum Gasteiger partial charge on any atom is -0.310 e. The van der Waals surface area contributed by atoms with E-state index in [9.17, 15) is 0 Å². The molecule has 144 valence electrons. The van der Waals surface area contributed by atoms with Crippen molar-refractivity contribution in [3.8, 4) is 0 Å². The zero-order valence-corrected chi connectivity index (χ0v) is 17.4. The van der Waals surface area contributed by atoms with Gasteiger partial charge in [-0.15, -0.1) is 0 Å². The lowest BCUT2D eigenvalue weighted by Gasteiger charge is -2.31. The summed E-state index contributed by atoms with van der Waals surface area (Å²) >= 11 is 0. The van der Waals surface area contributed by atoms with Gasteiger partial charge in [-0.3, -0.25) is 0 Å². The van der Waals surface area contributed by atoms with E-state index in [4.69, 9.17) is 0 Å². The summed E-state index contributed by atoms with van der Waals surface area (Å²) in [6.07, 6.45) is 15.2. The molecule has 0 aliphatic heterocycles. The number of allylic oxidation sites excluding steroid dienone is 10. The number of nitrogens with zero attached hydrogens (tertiary/aromatic N) is 1. The molecule has 2 rings (SSSR count). The Labute approximate surface area is 170 Å². The Morgan fingerprint density at radius 2 is 1.79 bits per heavy atom. The van der Waals surface area contributed by atoms with E-state index in [2.05, 4.69) is 87.6 Å². The highest BCUT2D eigenvalue weighted by Gasteiger charge is 2.21. The molecule has 1 aliphatic rings. The van der Waals surface area contributed by atoms with Crippen LogP contribution in [0.2, 0.25) is 0 Å². The monoisotopic (exact) mass is 369 g/mol. The number of hydrogen-bond acceptors (Lipinski definition) is 1. The summed E-state index contributed by atoms with van der Waals surface area (Å²) in [7, 11) is 0. The summed E-state index contributed by atoms with van der Waals surface area (Å²) in [6, 6.07) is 8.41. The van der Waals surface area contributed by atoms with Gasteiger partial charge in [-0.2, -0.15) is 0 Å². The number of hydrogen-bond donors (Lipinski definition) is 0. The van der Waals surface area contributed by atoms with Crippen molar-refractivity contribution < 1.29 is 0 Å². The largest absolute Gasteiger partial charge is 0.310 e. The van der Waals surface area contributed by atoms with Gasteiger partial charge >= 0.3 is 0 Å². The Kier molecular flexibility index (Phi) is 7.40. The fourth-order valence-corrected chi connectivity index (χ4v) is 3.41. The molecular weight excluding hydrogens is 338 g/mol. The molecule has 0 spiro atoms. The van der Waals surface area contributed by atoms with Gasteiger partial charge in [0, 0.05) is 17.0 Å². The van der Waals surface area contributed by atoms with E-state index in [0.717, 1.165) is 34.6 Å². The van der Waals surface area contributed by atoms with E-state index >= 15 is 0 Å². The summed E-state index contributed by atoms with van der Waals surface area (Å²) in [5.41, 5.74) is 7.72. The molecule has 1 unspecified atom stereocenters. The fourth-order valence-electron chi connectivity index (χ4n) is 3.41. The first-order valence-corrected chi connectivity index (χ1v) is 9.68. The Balaban J connectivity index is 2.74. The Bertz CT molecular complexity index is 885. The first-order valence-electron chi connectivity index (χ1n) is 9.68. The van der Waals surface area contributed by atoms with Crippen molar-refractivity contribution in [2.45, 2.75) is 27.2 Å². The van der Waals surface area contributed by atoms with Crippen LogP contribution >= 0.6 is 0 Å². The Hall–Kier alpha value is -3.06. The Morgan fingerprint density at radius 3 is 2.29 bits per heavy atom. The first-order chi connectivity index (χ1) is 13.5. The zero-order valence-electron chi connectivity index (χ0n) is 17.4. The molecule has 0 radical (unpaired) electrons. The van der Waals surface area contributed by atoms with Gasteiger partial charge in [0.2, 0.25) is 0 Å². The highest BCUT2D eigenvalue weighted by atomic mass is 15.2. The van der Waals surface area contributed by atoms with Crippen LogP contribution in [0, 0.1) is 5.92 Å². The third-order valence-corrected chi connectivity index (χ3v) is 4.91. The minimum atomic E-state index is 0.534. The summed E-state index contributed by atoms with van der Waals surface area (Å²) < 4.78 is 0. The lowest BCUT2D eigenvalue weighted by atomic mass is 9.87. The van der Waals surface area contributed by atoms with Crippen LogP contribution < -0.4 is 4.90 Å². The number of benzene rings is 1. The second-order valence-corrected chi connectivity index (χ2v) is 7.05.